The third-order valence-corrected chi connectivity index (χ3v) is 3.67. The number of aromatic nitrogens is 2. The van der Waals surface area contributed by atoms with Gasteiger partial charge in [-0.05, 0) is 18.8 Å². The first-order chi connectivity index (χ1) is 8.77. The van der Waals surface area contributed by atoms with Crippen molar-refractivity contribution >= 4 is 5.91 Å². The van der Waals surface area contributed by atoms with E-state index in [1.807, 2.05) is 34.0 Å². The van der Waals surface area contributed by atoms with Crippen molar-refractivity contribution in [1.29, 1.82) is 0 Å². The summed E-state index contributed by atoms with van der Waals surface area (Å²) in [7, 11) is 1.86. The van der Waals surface area contributed by atoms with E-state index in [4.69, 9.17) is 0 Å². The Kier molecular flexibility index (Phi) is 3.67. The summed E-state index contributed by atoms with van der Waals surface area (Å²) in [4.78, 5) is 12.2. The molecule has 1 fully saturated rings. The highest BCUT2D eigenvalue weighted by Gasteiger charge is 2.37. The Labute approximate surface area is 114 Å². The van der Waals surface area contributed by atoms with Gasteiger partial charge in [0.2, 0.25) is 5.91 Å². The molecule has 1 amide bonds. The van der Waals surface area contributed by atoms with Crippen LogP contribution in [0.1, 0.15) is 45.2 Å². The summed E-state index contributed by atoms with van der Waals surface area (Å²) in [5.41, 5.74) is 0.597. The zero-order valence-electron chi connectivity index (χ0n) is 12.1. The number of amides is 1. The van der Waals surface area contributed by atoms with Crippen LogP contribution in [0, 0.1) is 11.3 Å². The van der Waals surface area contributed by atoms with Gasteiger partial charge in [-0.1, -0.05) is 20.8 Å². The molecule has 5 heteroatoms. The Morgan fingerprint density at radius 1 is 1.53 bits per heavy atom. The van der Waals surface area contributed by atoms with Crippen LogP contribution in [0.4, 0.5) is 0 Å². The van der Waals surface area contributed by atoms with E-state index in [-0.39, 0.29) is 18.1 Å². The number of rotatable bonds is 3. The second kappa shape index (κ2) is 4.96. The molecule has 5 nitrogen and oxygen atoms in total. The smallest absolute Gasteiger partial charge is 0.225 e. The summed E-state index contributed by atoms with van der Waals surface area (Å²) >= 11 is 0. The molecule has 0 saturated heterocycles. The molecule has 0 aromatic carbocycles. The van der Waals surface area contributed by atoms with Gasteiger partial charge >= 0.3 is 0 Å². The quantitative estimate of drug-likeness (QED) is 0.868. The first-order valence-electron chi connectivity index (χ1n) is 6.75. The van der Waals surface area contributed by atoms with Gasteiger partial charge in [0.15, 0.2) is 0 Å². The third-order valence-electron chi connectivity index (χ3n) is 3.67. The van der Waals surface area contributed by atoms with E-state index in [0.29, 0.717) is 5.92 Å². The Morgan fingerprint density at radius 2 is 2.16 bits per heavy atom. The van der Waals surface area contributed by atoms with Crippen LogP contribution in [0.2, 0.25) is 0 Å². The van der Waals surface area contributed by atoms with E-state index in [1.165, 1.54) is 0 Å². The van der Waals surface area contributed by atoms with Crippen LogP contribution in [-0.4, -0.2) is 26.9 Å². The van der Waals surface area contributed by atoms with Gasteiger partial charge in [-0.3, -0.25) is 9.48 Å². The Hall–Kier alpha value is -1.36. The molecule has 1 aliphatic rings. The molecule has 19 heavy (non-hydrogen) atoms. The number of hydrogen-bond donors (Lipinski definition) is 2. The number of aliphatic hydroxyl groups is 1. The zero-order valence-corrected chi connectivity index (χ0v) is 12.1. The second-order valence-corrected chi connectivity index (χ2v) is 6.53. The van der Waals surface area contributed by atoms with Crippen molar-refractivity contribution in [3.63, 3.8) is 0 Å². The number of nitrogens with zero attached hydrogens (tertiary/aromatic N) is 2. The summed E-state index contributed by atoms with van der Waals surface area (Å²) in [6.45, 7) is 5.70. The van der Waals surface area contributed by atoms with Gasteiger partial charge in [0.25, 0.3) is 0 Å². The van der Waals surface area contributed by atoms with Gasteiger partial charge < -0.3 is 10.4 Å². The minimum absolute atomic E-state index is 0.0303. The maximum absolute atomic E-state index is 12.2. The molecular weight excluding hydrogens is 242 g/mol. The van der Waals surface area contributed by atoms with Crippen molar-refractivity contribution in [3.05, 3.63) is 18.0 Å². The van der Waals surface area contributed by atoms with Gasteiger partial charge in [0, 0.05) is 24.2 Å². The molecule has 1 heterocycles. The number of carbonyl (C=O) groups is 1. The standard InChI is InChI=1S/C14H23N3O2/c1-14(2,3)13(19)16-12(9-5-11(18)6-9)10-7-15-17(4)8-10/h7-9,11-12,18H,5-6H2,1-4H3,(H,16,19)/t9?,11?,12-/m1/s1. The van der Waals surface area contributed by atoms with Gasteiger partial charge in [0.1, 0.15) is 0 Å². The molecule has 1 saturated carbocycles. The van der Waals surface area contributed by atoms with Crippen molar-refractivity contribution in [2.45, 2.75) is 45.8 Å². The molecule has 2 N–H and O–H groups in total. The molecule has 1 aliphatic carbocycles. The molecule has 2 rings (SSSR count). The molecular formula is C14H23N3O2. The van der Waals surface area contributed by atoms with Crippen molar-refractivity contribution in [2.75, 3.05) is 0 Å². The van der Waals surface area contributed by atoms with Gasteiger partial charge in [0.05, 0.1) is 18.3 Å². The predicted octanol–water partition coefficient (Wildman–Crippen LogP) is 1.39. The number of carbonyl (C=O) groups excluding carboxylic acids is 1. The van der Waals surface area contributed by atoms with Crippen molar-refractivity contribution in [2.24, 2.45) is 18.4 Å². The van der Waals surface area contributed by atoms with E-state index in [1.54, 1.807) is 10.9 Å². The van der Waals surface area contributed by atoms with Crippen LogP contribution >= 0.6 is 0 Å². The minimum atomic E-state index is -0.414. The predicted molar refractivity (Wildman–Crippen MR) is 72.3 cm³/mol. The molecule has 1 atom stereocenters. The molecule has 106 valence electrons. The van der Waals surface area contributed by atoms with E-state index < -0.39 is 5.41 Å². The third kappa shape index (κ3) is 3.15. The van der Waals surface area contributed by atoms with E-state index in [2.05, 4.69) is 10.4 Å². The van der Waals surface area contributed by atoms with E-state index in [0.717, 1.165) is 18.4 Å². The molecule has 1 aromatic heterocycles. The highest BCUT2D eigenvalue weighted by atomic mass is 16.3. The second-order valence-electron chi connectivity index (χ2n) is 6.53. The molecule has 0 bridgehead atoms. The van der Waals surface area contributed by atoms with E-state index >= 15 is 0 Å². The number of nitrogens with one attached hydrogen (secondary N) is 1. The minimum Gasteiger partial charge on any atom is -0.393 e. The SMILES string of the molecule is Cn1cc([C@H](NC(=O)C(C)(C)C)C2CC(O)C2)cn1. The highest BCUT2D eigenvalue weighted by Crippen LogP contribution is 2.38. The van der Waals surface area contributed by atoms with Gasteiger partial charge in [-0.15, -0.1) is 0 Å². The maximum atomic E-state index is 12.2. The Bertz CT molecular complexity index is 456. The fourth-order valence-corrected chi connectivity index (χ4v) is 2.33. The molecule has 0 unspecified atom stereocenters. The lowest BCUT2D eigenvalue weighted by Crippen LogP contribution is -2.44. The largest absolute Gasteiger partial charge is 0.393 e. The lowest BCUT2D eigenvalue weighted by molar-refractivity contribution is -0.130. The lowest BCUT2D eigenvalue weighted by atomic mass is 9.75. The molecule has 0 radical (unpaired) electrons. The van der Waals surface area contributed by atoms with Crippen LogP contribution in [0.3, 0.4) is 0 Å². The van der Waals surface area contributed by atoms with Gasteiger partial charge in [-0.25, -0.2) is 0 Å². The summed E-state index contributed by atoms with van der Waals surface area (Å²) in [5, 5.41) is 16.8. The summed E-state index contributed by atoms with van der Waals surface area (Å²) in [6.07, 6.45) is 4.97. The summed E-state index contributed by atoms with van der Waals surface area (Å²) in [5.74, 6) is 0.327. The molecule has 0 spiro atoms. The maximum Gasteiger partial charge on any atom is 0.225 e. The van der Waals surface area contributed by atoms with Crippen LogP contribution in [0.25, 0.3) is 0 Å². The molecule has 1 aromatic rings. The summed E-state index contributed by atoms with van der Waals surface area (Å²) in [6, 6.07) is -0.0520. The monoisotopic (exact) mass is 265 g/mol. The van der Waals surface area contributed by atoms with Crippen LogP contribution in [0.5, 0.6) is 0 Å². The topological polar surface area (TPSA) is 67.2 Å². The number of aliphatic hydroxyl groups excluding tert-OH is 1. The first-order valence-corrected chi connectivity index (χ1v) is 6.75. The normalized spacial score (nSPS) is 24.7. The van der Waals surface area contributed by atoms with Crippen LogP contribution in [-0.2, 0) is 11.8 Å². The van der Waals surface area contributed by atoms with Crippen molar-refractivity contribution < 1.29 is 9.90 Å². The fraction of sp³-hybridized carbons (Fsp3) is 0.714. The van der Waals surface area contributed by atoms with Crippen LogP contribution in [0.15, 0.2) is 12.4 Å². The van der Waals surface area contributed by atoms with Crippen molar-refractivity contribution in [1.82, 2.24) is 15.1 Å². The highest BCUT2D eigenvalue weighted by molar-refractivity contribution is 5.81. The molecule has 0 aliphatic heterocycles. The van der Waals surface area contributed by atoms with E-state index in [9.17, 15) is 9.90 Å². The number of aryl methyl sites for hydroxylation is 1. The average Bonchev–Trinajstić information content (AvgIpc) is 2.67. The Balaban J connectivity index is 2.13. The zero-order chi connectivity index (χ0) is 14.2. The fourth-order valence-electron chi connectivity index (χ4n) is 2.33. The first kappa shape index (κ1) is 14.1. The number of hydrogen-bond acceptors (Lipinski definition) is 3. The van der Waals surface area contributed by atoms with Crippen LogP contribution < -0.4 is 5.32 Å². The summed E-state index contributed by atoms with van der Waals surface area (Å²) < 4.78 is 1.74. The van der Waals surface area contributed by atoms with Gasteiger partial charge in [-0.2, -0.15) is 5.10 Å². The van der Waals surface area contributed by atoms with Crippen molar-refractivity contribution in [3.8, 4) is 0 Å². The lowest BCUT2D eigenvalue weighted by Gasteiger charge is -2.38. The Morgan fingerprint density at radius 3 is 2.58 bits per heavy atom. The average molecular weight is 265 g/mol.